The Labute approximate surface area is 164 Å². The van der Waals surface area contributed by atoms with E-state index in [0.29, 0.717) is 39.1 Å². The van der Waals surface area contributed by atoms with Crippen LogP contribution in [0.4, 0.5) is 0 Å². The van der Waals surface area contributed by atoms with Crippen molar-refractivity contribution in [3.63, 3.8) is 0 Å². The van der Waals surface area contributed by atoms with E-state index in [9.17, 15) is 9.59 Å². The molecule has 1 aromatic heterocycles. The highest BCUT2D eigenvalue weighted by atomic mass is 16.6. The number of carbonyl (C=O) groups is 2. The maximum Gasteiger partial charge on any atom is 0.228 e. The highest BCUT2D eigenvalue weighted by molar-refractivity contribution is 5.89. The van der Waals surface area contributed by atoms with Crippen LogP contribution >= 0.6 is 0 Å². The van der Waals surface area contributed by atoms with E-state index < -0.39 is 0 Å². The summed E-state index contributed by atoms with van der Waals surface area (Å²) in [5, 5.41) is 7.73. The third kappa shape index (κ3) is 4.06. The Bertz CT molecular complexity index is 829. The first-order valence-corrected chi connectivity index (χ1v) is 9.71. The summed E-state index contributed by atoms with van der Waals surface area (Å²) in [5.74, 6) is -0.0672. The van der Waals surface area contributed by atoms with Crippen molar-refractivity contribution in [1.82, 2.24) is 25.0 Å². The standard InChI is InChI=1S/C20H25N5O3/c1-15-18(22-28-21-15)14-23-7-9-24(10-8-23)20(27)17-11-19(26)25(13-17)12-16-5-3-2-4-6-16/h2-6,17H,7-14H2,1H3. The quantitative estimate of drug-likeness (QED) is 0.768. The van der Waals surface area contributed by atoms with Gasteiger partial charge in [-0.15, -0.1) is 0 Å². The van der Waals surface area contributed by atoms with Crippen LogP contribution in [0.5, 0.6) is 0 Å². The Morgan fingerprint density at radius 1 is 1.11 bits per heavy atom. The Morgan fingerprint density at radius 2 is 1.86 bits per heavy atom. The maximum absolute atomic E-state index is 12.9. The van der Waals surface area contributed by atoms with E-state index in [-0.39, 0.29) is 17.7 Å². The maximum atomic E-state index is 12.9. The van der Waals surface area contributed by atoms with E-state index in [1.807, 2.05) is 42.2 Å². The fourth-order valence-electron chi connectivity index (χ4n) is 3.88. The second-order valence-corrected chi connectivity index (χ2v) is 7.56. The van der Waals surface area contributed by atoms with Crippen LogP contribution in [0, 0.1) is 12.8 Å². The average molecular weight is 383 g/mol. The molecule has 1 unspecified atom stereocenters. The molecule has 1 aromatic carbocycles. The number of piperazine rings is 1. The van der Waals surface area contributed by atoms with Crippen molar-refractivity contribution in [3.8, 4) is 0 Å². The molecule has 0 radical (unpaired) electrons. The van der Waals surface area contributed by atoms with Gasteiger partial charge in [0, 0.05) is 52.2 Å². The molecule has 148 valence electrons. The largest absolute Gasteiger partial charge is 0.340 e. The number of benzene rings is 1. The van der Waals surface area contributed by atoms with Gasteiger partial charge < -0.3 is 9.80 Å². The van der Waals surface area contributed by atoms with Gasteiger partial charge in [-0.3, -0.25) is 14.5 Å². The van der Waals surface area contributed by atoms with E-state index >= 15 is 0 Å². The van der Waals surface area contributed by atoms with E-state index in [1.54, 1.807) is 4.90 Å². The zero-order valence-corrected chi connectivity index (χ0v) is 16.1. The topological polar surface area (TPSA) is 82.8 Å². The molecule has 2 fully saturated rings. The molecule has 2 aliphatic rings. The lowest BCUT2D eigenvalue weighted by molar-refractivity contribution is -0.137. The zero-order valence-electron chi connectivity index (χ0n) is 16.1. The molecule has 0 spiro atoms. The number of aromatic nitrogens is 2. The predicted molar refractivity (Wildman–Crippen MR) is 101 cm³/mol. The SMILES string of the molecule is Cc1nonc1CN1CCN(C(=O)C2CC(=O)N(Cc3ccccc3)C2)CC1. The predicted octanol–water partition coefficient (Wildman–Crippen LogP) is 1.07. The van der Waals surface area contributed by atoms with Gasteiger partial charge in [-0.2, -0.15) is 0 Å². The molecule has 8 nitrogen and oxygen atoms in total. The monoisotopic (exact) mass is 383 g/mol. The van der Waals surface area contributed by atoms with Gasteiger partial charge in [-0.1, -0.05) is 40.6 Å². The summed E-state index contributed by atoms with van der Waals surface area (Å²) in [6, 6.07) is 9.91. The summed E-state index contributed by atoms with van der Waals surface area (Å²) in [4.78, 5) is 31.2. The third-order valence-corrected chi connectivity index (χ3v) is 5.58. The number of rotatable bonds is 5. The molecule has 2 saturated heterocycles. The molecular weight excluding hydrogens is 358 g/mol. The summed E-state index contributed by atoms with van der Waals surface area (Å²) >= 11 is 0. The van der Waals surface area contributed by atoms with Gasteiger partial charge in [-0.05, 0) is 12.5 Å². The summed E-state index contributed by atoms with van der Waals surface area (Å²) in [7, 11) is 0. The average Bonchev–Trinajstić information content (AvgIpc) is 3.28. The van der Waals surface area contributed by atoms with Crippen LogP contribution in [0.25, 0.3) is 0 Å². The van der Waals surface area contributed by atoms with Crippen LogP contribution in [-0.4, -0.2) is 69.6 Å². The molecule has 0 bridgehead atoms. The summed E-state index contributed by atoms with van der Waals surface area (Å²) < 4.78 is 4.75. The second kappa shape index (κ2) is 8.10. The molecule has 3 heterocycles. The van der Waals surface area contributed by atoms with E-state index in [2.05, 4.69) is 15.2 Å². The van der Waals surface area contributed by atoms with Crippen LogP contribution in [-0.2, 0) is 22.7 Å². The lowest BCUT2D eigenvalue weighted by Gasteiger charge is -2.35. The minimum Gasteiger partial charge on any atom is -0.340 e. The highest BCUT2D eigenvalue weighted by Crippen LogP contribution is 2.23. The number of aryl methyl sites for hydroxylation is 1. The third-order valence-electron chi connectivity index (χ3n) is 5.58. The van der Waals surface area contributed by atoms with Crippen molar-refractivity contribution in [2.75, 3.05) is 32.7 Å². The summed E-state index contributed by atoms with van der Waals surface area (Å²) in [6.07, 6.45) is 0.315. The molecule has 0 saturated carbocycles. The van der Waals surface area contributed by atoms with Gasteiger partial charge in [0.15, 0.2) is 0 Å². The fourth-order valence-corrected chi connectivity index (χ4v) is 3.88. The molecule has 2 aromatic rings. The van der Waals surface area contributed by atoms with Crippen LogP contribution in [0.3, 0.4) is 0 Å². The van der Waals surface area contributed by atoms with Gasteiger partial charge in [0.2, 0.25) is 11.8 Å². The van der Waals surface area contributed by atoms with Crippen molar-refractivity contribution in [2.24, 2.45) is 5.92 Å². The molecule has 28 heavy (non-hydrogen) atoms. The minimum atomic E-state index is -0.232. The molecule has 4 rings (SSSR count). The van der Waals surface area contributed by atoms with Crippen molar-refractivity contribution in [3.05, 3.63) is 47.3 Å². The van der Waals surface area contributed by atoms with E-state index in [0.717, 1.165) is 30.0 Å². The van der Waals surface area contributed by atoms with Crippen LogP contribution in [0.15, 0.2) is 35.0 Å². The van der Waals surface area contributed by atoms with Gasteiger partial charge in [0.1, 0.15) is 11.4 Å². The Hall–Kier alpha value is -2.74. The molecule has 0 N–H and O–H groups in total. The lowest BCUT2D eigenvalue weighted by Crippen LogP contribution is -2.50. The Kier molecular flexibility index (Phi) is 5.38. The lowest BCUT2D eigenvalue weighted by atomic mass is 10.1. The first-order valence-electron chi connectivity index (χ1n) is 9.71. The van der Waals surface area contributed by atoms with Crippen LogP contribution in [0.1, 0.15) is 23.4 Å². The van der Waals surface area contributed by atoms with Crippen LogP contribution < -0.4 is 0 Å². The van der Waals surface area contributed by atoms with Crippen molar-refractivity contribution >= 4 is 11.8 Å². The van der Waals surface area contributed by atoms with Crippen molar-refractivity contribution in [1.29, 1.82) is 0 Å². The van der Waals surface area contributed by atoms with Crippen LogP contribution in [0.2, 0.25) is 0 Å². The first kappa shape index (κ1) is 18.6. The minimum absolute atomic E-state index is 0.0647. The van der Waals surface area contributed by atoms with Gasteiger partial charge in [0.25, 0.3) is 0 Å². The van der Waals surface area contributed by atoms with E-state index in [4.69, 9.17) is 4.63 Å². The number of likely N-dealkylation sites (tertiary alicyclic amines) is 1. The van der Waals surface area contributed by atoms with E-state index in [1.165, 1.54) is 0 Å². The number of amides is 2. The van der Waals surface area contributed by atoms with Crippen molar-refractivity contribution < 1.29 is 14.2 Å². The molecule has 2 amide bonds. The molecule has 8 heteroatoms. The molecule has 0 aliphatic carbocycles. The Balaban J connectivity index is 1.28. The van der Waals surface area contributed by atoms with Crippen molar-refractivity contribution in [2.45, 2.75) is 26.4 Å². The second-order valence-electron chi connectivity index (χ2n) is 7.56. The first-order chi connectivity index (χ1) is 13.6. The van der Waals surface area contributed by atoms with Gasteiger partial charge >= 0.3 is 0 Å². The fraction of sp³-hybridized carbons (Fsp3) is 0.500. The van der Waals surface area contributed by atoms with Gasteiger partial charge in [0.05, 0.1) is 5.92 Å². The highest BCUT2D eigenvalue weighted by Gasteiger charge is 2.37. The summed E-state index contributed by atoms with van der Waals surface area (Å²) in [6.45, 7) is 6.56. The normalized spacial score (nSPS) is 20.8. The number of hydrogen-bond donors (Lipinski definition) is 0. The molecular formula is C20H25N5O3. The van der Waals surface area contributed by atoms with Gasteiger partial charge in [-0.25, -0.2) is 4.63 Å². The number of nitrogens with zero attached hydrogens (tertiary/aromatic N) is 5. The smallest absolute Gasteiger partial charge is 0.228 e. The number of carbonyl (C=O) groups excluding carboxylic acids is 2. The number of hydrogen-bond acceptors (Lipinski definition) is 6. The molecule has 2 aliphatic heterocycles. The Morgan fingerprint density at radius 3 is 2.54 bits per heavy atom. The zero-order chi connectivity index (χ0) is 19.5. The summed E-state index contributed by atoms with van der Waals surface area (Å²) in [5.41, 5.74) is 2.74. The molecule has 1 atom stereocenters.